The van der Waals surface area contributed by atoms with E-state index >= 15 is 0 Å². The van der Waals surface area contributed by atoms with Crippen molar-refractivity contribution < 1.29 is 26.2 Å². The first-order chi connectivity index (χ1) is 34.2. The molecule has 0 bridgehead atoms. The molecule has 0 amide bonds. The number of para-hydroxylation sites is 1. The second kappa shape index (κ2) is 19.7. The fourth-order valence-corrected chi connectivity index (χ4v) is 10.2. The Hall–Kier alpha value is -6.35. The number of phenols is 1. The molecule has 74 heavy (non-hydrogen) atoms. The zero-order valence-corrected chi connectivity index (χ0v) is 48.8. The summed E-state index contributed by atoms with van der Waals surface area (Å²) < 4.78 is 2.28. The van der Waals surface area contributed by atoms with Gasteiger partial charge in [-0.15, -0.1) is 29.3 Å². The molecule has 4 nitrogen and oxygen atoms in total. The van der Waals surface area contributed by atoms with Crippen molar-refractivity contribution in [2.24, 2.45) is 0 Å². The molecular weight excluding hydrogens is 1080 g/mol. The van der Waals surface area contributed by atoms with E-state index in [1.807, 2.05) is 6.20 Å². The van der Waals surface area contributed by atoms with Crippen LogP contribution in [0.5, 0.6) is 5.75 Å². The van der Waals surface area contributed by atoms with Gasteiger partial charge in [-0.05, 0) is 120 Å². The van der Waals surface area contributed by atoms with E-state index in [1.54, 1.807) is 0 Å². The fraction of sp³-hybridized carbons (Fsp3) is 0.304. The fourth-order valence-electron chi connectivity index (χ4n) is 10.2. The minimum Gasteiger partial charge on any atom is -0.507 e. The molecule has 9 rings (SSSR count). The number of rotatable bonds is 7. The van der Waals surface area contributed by atoms with Gasteiger partial charge in [0.15, 0.2) is 0 Å². The molecule has 0 saturated heterocycles. The molecule has 0 aliphatic heterocycles. The number of benzene rings is 7. The van der Waals surface area contributed by atoms with Crippen molar-refractivity contribution in [3.63, 3.8) is 0 Å². The Morgan fingerprint density at radius 3 is 1.68 bits per heavy atom. The van der Waals surface area contributed by atoms with E-state index in [9.17, 15) is 5.11 Å². The van der Waals surface area contributed by atoms with Gasteiger partial charge in [-0.25, -0.2) is 4.98 Å². The summed E-state index contributed by atoms with van der Waals surface area (Å²) >= 11 is 0. The van der Waals surface area contributed by atoms with Crippen LogP contribution in [0, 0.1) is 13.0 Å². The van der Waals surface area contributed by atoms with Gasteiger partial charge in [-0.3, -0.25) is 9.55 Å². The van der Waals surface area contributed by atoms with Gasteiger partial charge in [0.05, 0.1) is 22.3 Å². The Bertz CT molecular complexity index is 3530. The number of fused-ring (bicyclic) bond motifs is 1. The molecular formula is C69H74N3OPt-. The molecule has 0 spiro atoms. The Labute approximate surface area is 456 Å². The van der Waals surface area contributed by atoms with Gasteiger partial charge in [0.2, 0.25) is 0 Å². The van der Waals surface area contributed by atoms with Crippen molar-refractivity contribution in [3.8, 4) is 78.6 Å². The summed E-state index contributed by atoms with van der Waals surface area (Å²) in [6.45, 7) is 35.9. The zero-order chi connectivity index (χ0) is 52.6. The van der Waals surface area contributed by atoms with E-state index in [0.29, 0.717) is 11.4 Å². The van der Waals surface area contributed by atoms with E-state index in [-0.39, 0.29) is 53.9 Å². The van der Waals surface area contributed by atoms with Crippen LogP contribution in [0.25, 0.3) is 83.9 Å². The Balaban J connectivity index is 0.00000729. The van der Waals surface area contributed by atoms with Crippen LogP contribution in [0.2, 0.25) is 0 Å². The molecule has 0 atom stereocenters. The number of imidazole rings is 1. The van der Waals surface area contributed by atoms with Crippen molar-refractivity contribution in [2.75, 3.05) is 0 Å². The van der Waals surface area contributed by atoms with Crippen LogP contribution in [0.4, 0.5) is 0 Å². The summed E-state index contributed by atoms with van der Waals surface area (Å²) in [6.07, 6.45) is 1.91. The molecule has 0 radical (unpaired) electrons. The second-order valence-electron chi connectivity index (χ2n) is 25.4. The van der Waals surface area contributed by atoms with E-state index in [0.717, 1.165) is 72.5 Å². The van der Waals surface area contributed by atoms with E-state index in [4.69, 9.17) is 9.97 Å². The third kappa shape index (κ3) is 10.6. The molecule has 0 aliphatic carbocycles. The predicted molar refractivity (Wildman–Crippen MR) is 310 cm³/mol. The molecule has 0 fully saturated rings. The van der Waals surface area contributed by atoms with Crippen LogP contribution in [0.3, 0.4) is 0 Å². The smallest absolute Gasteiger partial charge is 0.148 e. The minimum atomic E-state index is -0.337. The van der Waals surface area contributed by atoms with Gasteiger partial charge in [0.1, 0.15) is 11.6 Å². The summed E-state index contributed by atoms with van der Waals surface area (Å²) in [5.74, 6) is 0.939. The van der Waals surface area contributed by atoms with Crippen LogP contribution in [0.1, 0.15) is 137 Å². The average molecular weight is 1160 g/mol. The first kappa shape index (κ1) is 53.9. The average Bonchev–Trinajstić information content (AvgIpc) is 3.71. The number of nitrogens with zero attached hydrogens (tertiary/aromatic N) is 3. The number of hydrogen-bond acceptors (Lipinski definition) is 3. The molecule has 0 aliphatic rings. The minimum absolute atomic E-state index is 0. The van der Waals surface area contributed by atoms with Crippen LogP contribution < -0.4 is 0 Å². The maximum Gasteiger partial charge on any atom is 0.148 e. The number of hydrogen-bond donors (Lipinski definition) is 1. The first-order valence-corrected chi connectivity index (χ1v) is 26.0. The molecule has 1 N–H and O–H groups in total. The van der Waals surface area contributed by atoms with Crippen molar-refractivity contribution in [2.45, 2.75) is 138 Å². The van der Waals surface area contributed by atoms with Crippen LogP contribution in [-0.2, 0) is 48.1 Å². The maximum absolute atomic E-state index is 12.6. The van der Waals surface area contributed by atoms with Gasteiger partial charge < -0.3 is 5.11 Å². The summed E-state index contributed by atoms with van der Waals surface area (Å²) in [5, 5.41) is 12.6. The number of aryl methyl sites for hydroxylation is 1. The van der Waals surface area contributed by atoms with Crippen LogP contribution >= 0.6 is 0 Å². The summed E-state index contributed by atoms with van der Waals surface area (Å²) in [4.78, 5) is 10.7. The summed E-state index contributed by atoms with van der Waals surface area (Å²) in [5.41, 5.74) is 20.4. The second-order valence-corrected chi connectivity index (χ2v) is 25.4. The summed E-state index contributed by atoms with van der Waals surface area (Å²) in [6, 6.07) is 56.7. The van der Waals surface area contributed by atoms with Crippen LogP contribution in [-0.4, -0.2) is 19.6 Å². The topological polar surface area (TPSA) is 50.9 Å². The Morgan fingerprint density at radius 1 is 0.459 bits per heavy atom. The number of phenolic OH excluding ortho intramolecular Hbond substituents is 1. The molecule has 0 saturated carbocycles. The maximum atomic E-state index is 12.6. The Morgan fingerprint density at radius 2 is 1.05 bits per heavy atom. The largest absolute Gasteiger partial charge is 0.507 e. The van der Waals surface area contributed by atoms with E-state index in [2.05, 4.69) is 267 Å². The molecule has 9 aromatic rings. The van der Waals surface area contributed by atoms with E-state index < -0.39 is 0 Å². The Kier molecular flexibility index (Phi) is 14.4. The first-order valence-electron chi connectivity index (χ1n) is 26.0. The van der Waals surface area contributed by atoms with Gasteiger partial charge in [-0.2, -0.15) is 0 Å². The predicted octanol–water partition coefficient (Wildman–Crippen LogP) is 18.7. The van der Waals surface area contributed by atoms with Gasteiger partial charge in [0.25, 0.3) is 0 Å². The molecule has 382 valence electrons. The molecule has 0 unspecified atom stereocenters. The van der Waals surface area contributed by atoms with E-state index in [1.165, 1.54) is 33.4 Å². The SMILES string of the molecule is Cc1cc(-c2c(-c3ccccc3)cccc2C(C)(C)C)ccc1-n1c(-c2cc(C(C)(C)C)cc(C(C)(C)C)c2O)nc2c(-c3[c-]c(-c4cc(-c5ccc(C(C)(C)C)cc5)ccn4)cc(C(C)(C)C)c3)cccc21.[Pt]. The molecule has 7 aromatic carbocycles. The van der Waals surface area contributed by atoms with Crippen molar-refractivity contribution in [1.82, 2.24) is 14.5 Å². The van der Waals surface area contributed by atoms with Crippen molar-refractivity contribution in [3.05, 3.63) is 191 Å². The standard InChI is InChI=1S/C69H74N3O.Pt/c1-43-36-47(61-53(45-22-18-17-19-23-45)24-20-26-56(61)68(11,12)13)30-33-59(43)72-60-27-21-25-54(62(60)71-64(72)55-41-52(67(8,9)10)42-57(63(55)73)69(14,15)16)48-37-49(39-51(38-48)66(5,6)7)58-40-46(34-35-70-58)44-28-31-50(32-29-44)65(2,3)4;/h17-36,38-42,73H,1-16H3;/q-1;. The summed E-state index contributed by atoms with van der Waals surface area (Å²) in [7, 11) is 0. The van der Waals surface area contributed by atoms with Crippen molar-refractivity contribution in [1.29, 1.82) is 0 Å². The monoisotopic (exact) mass is 1160 g/mol. The third-order valence-corrected chi connectivity index (χ3v) is 14.5. The molecule has 2 heterocycles. The third-order valence-electron chi connectivity index (χ3n) is 14.5. The van der Waals surface area contributed by atoms with Crippen LogP contribution in [0.15, 0.2) is 152 Å². The number of pyridine rings is 1. The molecule has 5 heteroatoms. The quantitative estimate of drug-likeness (QED) is 0.162. The normalized spacial score (nSPS) is 12.5. The zero-order valence-electron chi connectivity index (χ0n) is 46.5. The number of aromatic nitrogens is 3. The van der Waals surface area contributed by atoms with Gasteiger partial charge in [-0.1, -0.05) is 218 Å². The molecule has 2 aromatic heterocycles. The van der Waals surface area contributed by atoms with Gasteiger partial charge in [0, 0.05) is 38.5 Å². The van der Waals surface area contributed by atoms with Gasteiger partial charge >= 0.3 is 0 Å². The number of aromatic hydroxyl groups is 1. The van der Waals surface area contributed by atoms with Crippen molar-refractivity contribution >= 4 is 11.0 Å².